The molecule has 0 nitrogen and oxygen atoms in total. The van der Waals surface area contributed by atoms with E-state index >= 15 is 0 Å². The van der Waals surface area contributed by atoms with Gasteiger partial charge in [-0.05, 0) is 49.5 Å². The molecule has 0 heteroatoms. The Morgan fingerprint density at radius 1 is 0.840 bits per heavy atom. The molecule has 0 atom stereocenters. The molecule has 0 aliphatic rings. The predicted molar refractivity (Wildman–Crippen MR) is 124 cm³/mol. The van der Waals surface area contributed by atoms with Crippen LogP contribution in [0.3, 0.4) is 0 Å². The summed E-state index contributed by atoms with van der Waals surface area (Å²) in [5, 5.41) is 0. The lowest BCUT2D eigenvalue weighted by molar-refractivity contribution is 1.11. The van der Waals surface area contributed by atoms with Gasteiger partial charge in [0.05, 0.1) is 0 Å². The van der Waals surface area contributed by atoms with Crippen molar-refractivity contribution < 1.29 is 0 Å². The fourth-order valence-corrected chi connectivity index (χ4v) is 1.86. The lowest BCUT2D eigenvalue weighted by atomic mass is 9.98. The van der Waals surface area contributed by atoms with Crippen LogP contribution in [0.4, 0.5) is 0 Å². The first-order valence-electron chi connectivity index (χ1n) is 10.3. The van der Waals surface area contributed by atoms with Gasteiger partial charge in [0.1, 0.15) is 0 Å². The number of benzene rings is 1. The van der Waals surface area contributed by atoms with Gasteiger partial charge in [0, 0.05) is 0 Å². The van der Waals surface area contributed by atoms with Gasteiger partial charge in [0.25, 0.3) is 0 Å². The highest BCUT2D eigenvalue weighted by molar-refractivity contribution is 5.75. The standard InChI is InChI=1S/C17H22.4C2H6/c1-5-8-10-16(9-6-2)17-12-11-14(4)15(7-3)13-17;4*1-2/h5-6,8-13H,7H2,1-4H3;4*1-2H3/b8-5-,9-6-,16-10+;;;;. The van der Waals surface area contributed by atoms with E-state index in [-0.39, 0.29) is 0 Å². The van der Waals surface area contributed by atoms with Gasteiger partial charge in [-0.2, -0.15) is 0 Å². The van der Waals surface area contributed by atoms with Crippen LogP contribution in [-0.2, 0) is 6.42 Å². The summed E-state index contributed by atoms with van der Waals surface area (Å²) >= 11 is 0. The lowest BCUT2D eigenvalue weighted by Gasteiger charge is -2.08. The Morgan fingerprint density at radius 2 is 1.36 bits per heavy atom. The van der Waals surface area contributed by atoms with Gasteiger partial charge >= 0.3 is 0 Å². The maximum Gasteiger partial charge on any atom is -0.0181 e. The minimum absolute atomic E-state index is 1.09. The fourth-order valence-electron chi connectivity index (χ4n) is 1.86. The van der Waals surface area contributed by atoms with Gasteiger partial charge in [-0.25, -0.2) is 0 Å². The molecule has 0 radical (unpaired) electrons. The van der Waals surface area contributed by atoms with Crippen LogP contribution >= 0.6 is 0 Å². The van der Waals surface area contributed by atoms with Crippen LogP contribution in [0.2, 0.25) is 0 Å². The van der Waals surface area contributed by atoms with E-state index in [2.05, 4.69) is 69.4 Å². The van der Waals surface area contributed by atoms with Crippen LogP contribution < -0.4 is 0 Å². The zero-order chi connectivity index (χ0) is 20.7. The molecule has 0 unspecified atom stereocenters. The van der Waals surface area contributed by atoms with Crippen molar-refractivity contribution in [1.82, 2.24) is 0 Å². The summed E-state index contributed by atoms with van der Waals surface area (Å²) in [6, 6.07) is 6.70. The third kappa shape index (κ3) is 15.7. The van der Waals surface area contributed by atoms with Crippen molar-refractivity contribution in [3.63, 3.8) is 0 Å². The molecule has 0 aromatic heterocycles. The topological polar surface area (TPSA) is 0 Å². The Kier molecular flexibility index (Phi) is 34.1. The molecule has 0 saturated heterocycles. The number of hydrogen-bond donors (Lipinski definition) is 0. The van der Waals surface area contributed by atoms with E-state index in [0.29, 0.717) is 0 Å². The minimum atomic E-state index is 1.09. The number of aryl methyl sites for hydroxylation is 2. The summed E-state index contributed by atoms with van der Waals surface area (Å²) in [7, 11) is 0. The van der Waals surface area contributed by atoms with E-state index in [1.54, 1.807) is 0 Å². The monoisotopic (exact) mass is 346 g/mol. The molecule has 146 valence electrons. The Bertz CT molecular complexity index is 445. The molecule has 0 aliphatic carbocycles. The van der Waals surface area contributed by atoms with E-state index in [4.69, 9.17) is 0 Å². The quantitative estimate of drug-likeness (QED) is 0.476. The molecule has 0 saturated carbocycles. The molecule has 0 bridgehead atoms. The molecule has 1 aromatic carbocycles. The Balaban J connectivity index is -0.000000241. The van der Waals surface area contributed by atoms with Crippen LogP contribution in [0, 0.1) is 6.92 Å². The fraction of sp³-hybridized carbons (Fsp3) is 0.520. The maximum atomic E-state index is 2.30. The van der Waals surface area contributed by atoms with Crippen molar-refractivity contribution >= 4 is 5.57 Å². The first-order valence-corrected chi connectivity index (χ1v) is 10.3. The smallest absolute Gasteiger partial charge is 0.0181 e. The van der Waals surface area contributed by atoms with Crippen LogP contribution in [0.5, 0.6) is 0 Å². The average Bonchev–Trinajstić information content (AvgIpc) is 2.72. The second-order valence-electron chi connectivity index (χ2n) is 4.14. The number of rotatable bonds is 4. The molecule has 0 heterocycles. The van der Waals surface area contributed by atoms with Crippen LogP contribution in [0.15, 0.2) is 48.6 Å². The van der Waals surface area contributed by atoms with Crippen molar-refractivity contribution in [2.24, 2.45) is 0 Å². The summed E-state index contributed by atoms with van der Waals surface area (Å²) in [5.74, 6) is 0. The molecule has 1 rings (SSSR count). The van der Waals surface area contributed by atoms with E-state index < -0.39 is 0 Å². The minimum Gasteiger partial charge on any atom is -0.0876 e. The molecular weight excluding hydrogens is 300 g/mol. The molecule has 1 aromatic rings. The van der Waals surface area contributed by atoms with E-state index in [1.807, 2.05) is 62.3 Å². The lowest BCUT2D eigenvalue weighted by Crippen LogP contribution is -1.89. The zero-order valence-corrected chi connectivity index (χ0v) is 19.3. The van der Waals surface area contributed by atoms with Gasteiger partial charge in [-0.15, -0.1) is 0 Å². The molecule has 25 heavy (non-hydrogen) atoms. The van der Waals surface area contributed by atoms with Crippen molar-refractivity contribution in [2.45, 2.75) is 89.5 Å². The number of hydrogen-bond acceptors (Lipinski definition) is 0. The summed E-state index contributed by atoms with van der Waals surface area (Å²) in [6.07, 6.45) is 11.6. The van der Waals surface area contributed by atoms with Gasteiger partial charge in [0.2, 0.25) is 0 Å². The van der Waals surface area contributed by atoms with Gasteiger partial charge in [0.15, 0.2) is 0 Å². The van der Waals surface area contributed by atoms with Crippen LogP contribution in [-0.4, -0.2) is 0 Å². The number of allylic oxidation sites excluding steroid dienone is 6. The molecule has 0 fully saturated rings. The van der Waals surface area contributed by atoms with Gasteiger partial charge < -0.3 is 0 Å². The first-order chi connectivity index (χ1) is 12.2. The van der Waals surface area contributed by atoms with Crippen molar-refractivity contribution in [2.75, 3.05) is 0 Å². The highest BCUT2D eigenvalue weighted by Crippen LogP contribution is 2.20. The zero-order valence-electron chi connectivity index (χ0n) is 19.3. The average molecular weight is 347 g/mol. The maximum absolute atomic E-state index is 2.30. The Morgan fingerprint density at radius 3 is 1.76 bits per heavy atom. The summed E-state index contributed by atoms with van der Waals surface area (Å²) < 4.78 is 0. The SMILES string of the molecule is CC.CC.CC.CC.C\C=C/C=C(\C=C/C)c1ccc(C)c(CC)c1. The second kappa shape index (κ2) is 27.3. The molecule has 0 N–H and O–H groups in total. The predicted octanol–water partition coefficient (Wildman–Crippen LogP) is 9.20. The largest absolute Gasteiger partial charge is 0.0876 e. The Hall–Kier alpha value is -1.56. The van der Waals surface area contributed by atoms with E-state index in [9.17, 15) is 0 Å². The van der Waals surface area contributed by atoms with Crippen LogP contribution in [0.25, 0.3) is 5.57 Å². The molecule has 0 aliphatic heterocycles. The van der Waals surface area contributed by atoms with Crippen LogP contribution in [0.1, 0.15) is 92.9 Å². The summed E-state index contributed by atoms with van der Waals surface area (Å²) in [5.41, 5.74) is 5.37. The summed E-state index contributed by atoms with van der Waals surface area (Å²) in [6.45, 7) is 24.5. The van der Waals surface area contributed by atoms with Gasteiger partial charge in [-0.3, -0.25) is 0 Å². The van der Waals surface area contributed by atoms with Crippen molar-refractivity contribution in [3.05, 3.63) is 65.3 Å². The third-order valence-corrected chi connectivity index (χ3v) is 2.88. The third-order valence-electron chi connectivity index (χ3n) is 2.88. The second-order valence-corrected chi connectivity index (χ2v) is 4.14. The molecule has 0 spiro atoms. The molecule has 0 amide bonds. The normalized spacial score (nSPS) is 9.68. The van der Waals surface area contributed by atoms with Crippen molar-refractivity contribution in [3.8, 4) is 0 Å². The molecular formula is C25H46. The first kappa shape index (κ1) is 31.2. The Labute approximate surface area is 160 Å². The highest BCUT2D eigenvalue weighted by atomic mass is 14.1. The highest BCUT2D eigenvalue weighted by Gasteiger charge is 2.01. The van der Waals surface area contributed by atoms with Crippen molar-refractivity contribution in [1.29, 1.82) is 0 Å². The van der Waals surface area contributed by atoms with Gasteiger partial charge in [-0.1, -0.05) is 111 Å². The van der Waals surface area contributed by atoms with E-state index in [1.165, 1.54) is 22.3 Å². The summed E-state index contributed by atoms with van der Waals surface area (Å²) in [4.78, 5) is 0. The van der Waals surface area contributed by atoms with E-state index in [0.717, 1.165) is 6.42 Å².